The van der Waals surface area contributed by atoms with E-state index in [1.54, 1.807) is 24.5 Å². The number of pyridine rings is 1. The number of anilines is 1. The Labute approximate surface area is 103 Å². The Bertz CT molecular complexity index is 401. The molecule has 7 heteroatoms. The van der Waals surface area contributed by atoms with Crippen LogP contribution < -0.4 is 14.8 Å². The summed E-state index contributed by atoms with van der Waals surface area (Å²) in [6, 6.07) is 3.55. The summed E-state index contributed by atoms with van der Waals surface area (Å²) in [5.41, 5.74) is 0.946. The lowest BCUT2D eigenvalue weighted by molar-refractivity contribution is -0.684. The van der Waals surface area contributed by atoms with Crippen molar-refractivity contribution in [2.45, 2.75) is 12.7 Å². The van der Waals surface area contributed by atoms with Crippen molar-refractivity contribution in [1.82, 2.24) is 5.32 Å². The number of amides is 1. The monoisotopic (exact) mass is 262 g/mol. The Balaban J connectivity index is 2.50. The number of nitrogens with zero attached hydrogens (tertiary/aromatic N) is 2. The molecule has 1 rings (SSSR count). The highest BCUT2D eigenvalue weighted by atomic mass is 19.4. The molecule has 1 heterocycles. The summed E-state index contributed by atoms with van der Waals surface area (Å²) < 4.78 is 37.1. The van der Waals surface area contributed by atoms with Gasteiger partial charge in [0.05, 0.1) is 0 Å². The summed E-state index contributed by atoms with van der Waals surface area (Å²) in [5, 5.41) is 1.81. The Hall–Kier alpha value is -1.79. The van der Waals surface area contributed by atoms with Crippen LogP contribution in [0.15, 0.2) is 24.5 Å². The van der Waals surface area contributed by atoms with E-state index in [9.17, 15) is 18.0 Å². The number of hydrogen-bond acceptors (Lipinski definition) is 2. The number of carbonyl (C=O) groups is 1. The molecule has 18 heavy (non-hydrogen) atoms. The number of halogens is 3. The maximum Gasteiger partial charge on any atom is 0.405 e. The van der Waals surface area contributed by atoms with Crippen LogP contribution in [0.1, 0.15) is 0 Å². The number of aromatic nitrogens is 1. The third kappa shape index (κ3) is 5.03. The quantitative estimate of drug-likeness (QED) is 0.812. The molecule has 4 nitrogen and oxygen atoms in total. The summed E-state index contributed by atoms with van der Waals surface area (Å²) >= 11 is 0. The van der Waals surface area contributed by atoms with Crippen LogP contribution in [0, 0.1) is 0 Å². The molecule has 0 unspecified atom stereocenters. The molecular weight excluding hydrogens is 247 g/mol. The normalized spacial score (nSPS) is 11.2. The number of alkyl halides is 3. The minimum atomic E-state index is -4.38. The molecule has 1 aromatic rings. The second-order valence-electron chi connectivity index (χ2n) is 4.02. The van der Waals surface area contributed by atoms with E-state index < -0.39 is 18.6 Å². The van der Waals surface area contributed by atoms with Crippen molar-refractivity contribution < 1.29 is 22.5 Å². The Kier molecular flexibility index (Phi) is 4.52. The van der Waals surface area contributed by atoms with Gasteiger partial charge in [0, 0.05) is 31.9 Å². The number of carbonyl (C=O) groups excluding carboxylic acids is 1. The fourth-order valence-electron chi connectivity index (χ4n) is 1.27. The van der Waals surface area contributed by atoms with E-state index in [1.165, 1.54) is 4.57 Å². The molecule has 1 amide bonds. The van der Waals surface area contributed by atoms with Gasteiger partial charge in [-0.05, 0) is 0 Å². The molecule has 0 radical (unpaired) electrons. The van der Waals surface area contributed by atoms with Gasteiger partial charge in [-0.25, -0.2) is 0 Å². The maximum absolute atomic E-state index is 11.9. The number of nitrogens with one attached hydrogen (secondary N) is 1. The van der Waals surface area contributed by atoms with E-state index in [0.29, 0.717) is 0 Å². The van der Waals surface area contributed by atoms with Crippen LogP contribution in [0.5, 0.6) is 0 Å². The topological polar surface area (TPSA) is 36.2 Å². The van der Waals surface area contributed by atoms with Gasteiger partial charge in [-0.15, -0.1) is 0 Å². The van der Waals surface area contributed by atoms with Crippen molar-refractivity contribution >= 4 is 11.6 Å². The lowest BCUT2D eigenvalue weighted by atomic mass is 10.4. The molecule has 0 aliphatic carbocycles. The largest absolute Gasteiger partial charge is 0.405 e. The molecule has 0 spiro atoms. The smallest absolute Gasteiger partial charge is 0.377 e. The minimum absolute atomic E-state index is 0.135. The first-order valence-corrected chi connectivity index (χ1v) is 5.28. The second-order valence-corrected chi connectivity index (χ2v) is 4.02. The molecule has 0 saturated heterocycles. The predicted octanol–water partition coefficient (Wildman–Crippen LogP) is 0.719. The van der Waals surface area contributed by atoms with Crippen LogP contribution in [0.2, 0.25) is 0 Å². The summed E-state index contributed by atoms with van der Waals surface area (Å²) in [7, 11) is 3.74. The molecule has 0 aliphatic heterocycles. The SMILES string of the molecule is CN(C)c1cc[n+](CC(=O)NCC(F)(F)F)cc1. The zero-order chi connectivity index (χ0) is 13.8. The summed E-state index contributed by atoms with van der Waals surface area (Å²) in [4.78, 5) is 13.1. The van der Waals surface area contributed by atoms with Crippen molar-refractivity contribution in [3.63, 3.8) is 0 Å². The Morgan fingerprint density at radius 3 is 2.33 bits per heavy atom. The zero-order valence-electron chi connectivity index (χ0n) is 10.2. The average Bonchev–Trinajstić information content (AvgIpc) is 2.26. The summed E-state index contributed by atoms with van der Waals surface area (Å²) in [6.07, 6.45) is -1.10. The first kappa shape index (κ1) is 14.3. The lowest BCUT2D eigenvalue weighted by Gasteiger charge is -2.10. The molecular formula is C11H15F3N3O+. The third-order valence-electron chi connectivity index (χ3n) is 2.20. The van der Waals surface area contributed by atoms with Crippen LogP contribution >= 0.6 is 0 Å². The zero-order valence-corrected chi connectivity index (χ0v) is 10.2. The highest BCUT2D eigenvalue weighted by Gasteiger charge is 2.28. The molecule has 0 fully saturated rings. The molecule has 0 bridgehead atoms. The van der Waals surface area contributed by atoms with Gasteiger partial charge >= 0.3 is 6.18 Å². The highest BCUT2D eigenvalue weighted by molar-refractivity contribution is 5.74. The first-order valence-electron chi connectivity index (χ1n) is 5.28. The van der Waals surface area contributed by atoms with Gasteiger partial charge in [0.15, 0.2) is 12.4 Å². The Morgan fingerprint density at radius 2 is 1.89 bits per heavy atom. The fourth-order valence-corrected chi connectivity index (χ4v) is 1.27. The summed E-state index contributed by atoms with van der Waals surface area (Å²) in [5.74, 6) is -0.671. The van der Waals surface area contributed by atoms with Crippen LogP contribution in [0.4, 0.5) is 18.9 Å². The van der Waals surface area contributed by atoms with E-state index in [-0.39, 0.29) is 6.54 Å². The van der Waals surface area contributed by atoms with Crippen molar-refractivity contribution in [1.29, 1.82) is 0 Å². The minimum Gasteiger partial charge on any atom is -0.377 e. The van der Waals surface area contributed by atoms with Gasteiger partial charge in [-0.1, -0.05) is 0 Å². The first-order chi connectivity index (χ1) is 8.28. The van der Waals surface area contributed by atoms with E-state index in [4.69, 9.17) is 0 Å². The van der Waals surface area contributed by atoms with Crippen LogP contribution in [0.25, 0.3) is 0 Å². The molecule has 0 saturated carbocycles. The van der Waals surface area contributed by atoms with Gasteiger partial charge in [-0.2, -0.15) is 17.7 Å². The predicted molar refractivity (Wildman–Crippen MR) is 60.0 cm³/mol. The van der Waals surface area contributed by atoms with E-state index in [1.807, 2.05) is 24.3 Å². The molecule has 100 valence electrons. The third-order valence-corrected chi connectivity index (χ3v) is 2.20. The van der Waals surface area contributed by atoms with E-state index in [0.717, 1.165) is 5.69 Å². The number of rotatable bonds is 4. The van der Waals surface area contributed by atoms with Gasteiger partial charge in [0.25, 0.3) is 5.91 Å². The van der Waals surface area contributed by atoms with Gasteiger partial charge in [-0.3, -0.25) is 4.79 Å². The molecule has 0 atom stereocenters. The van der Waals surface area contributed by atoms with Crippen molar-refractivity contribution in [2.75, 3.05) is 25.5 Å². The summed E-state index contributed by atoms with van der Waals surface area (Å²) in [6.45, 7) is -1.44. The van der Waals surface area contributed by atoms with Gasteiger partial charge < -0.3 is 10.2 Å². The van der Waals surface area contributed by atoms with Crippen LogP contribution in [0.3, 0.4) is 0 Å². The number of hydrogen-bond donors (Lipinski definition) is 1. The van der Waals surface area contributed by atoms with Gasteiger partial charge in [0.1, 0.15) is 6.54 Å². The highest BCUT2D eigenvalue weighted by Crippen LogP contribution is 2.12. The van der Waals surface area contributed by atoms with Crippen molar-refractivity contribution in [3.8, 4) is 0 Å². The van der Waals surface area contributed by atoms with Crippen molar-refractivity contribution in [3.05, 3.63) is 24.5 Å². The molecule has 0 aromatic carbocycles. The van der Waals surface area contributed by atoms with Gasteiger partial charge in [0.2, 0.25) is 6.54 Å². The fraction of sp³-hybridized carbons (Fsp3) is 0.455. The van der Waals surface area contributed by atoms with Crippen molar-refractivity contribution in [2.24, 2.45) is 0 Å². The van der Waals surface area contributed by atoms with Crippen LogP contribution in [-0.4, -0.2) is 32.7 Å². The molecule has 0 aliphatic rings. The van der Waals surface area contributed by atoms with E-state index >= 15 is 0 Å². The lowest BCUT2D eigenvalue weighted by Crippen LogP contribution is -2.44. The van der Waals surface area contributed by atoms with Crippen LogP contribution in [-0.2, 0) is 11.3 Å². The van der Waals surface area contributed by atoms with E-state index in [2.05, 4.69) is 0 Å². The molecule has 1 N–H and O–H groups in total. The average molecular weight is 262 g/mol. The maximum atomic E-state index is 11.9. The Morgan fingerprint density at radius 1 is 1.33 bits per heavy atom. The second kappa shape index (κ2) is 5.70. The molecule has 1 aromatic heterocycles. The standard InChI is InChI=1S/C11H14F3N3O/c1-16(2)9-3-5-17(6-4-9)7-10(18)15-8-11(12,13)14/h3-6H,7-8H2,1-2H3/p+1.